The maximum Gasteiger partial charge on any atom is 0.00849 e. The third kappa shape index (κ3) is 1.67. The van der Waals surface area contributed by atoms with E-state index in [2.05, 4.69) is 6.42 Å². The predicted octanol–water partition coefficient (Wildman–Crippen LogP) is 2.23. The lowest BCUT2D eigenvalue weighted by Gasteiger charge is -2.03. The normalized spacial score (nSPS) is 24.0. The zero-order valence-electron chi connectivity index (χ0n) is 3.22. The highest BCUT2D eigenvalue weighted by Crippen LogP contribution is 2.39. The van der Waals surface area contributed by atoms with Gasteiger partial charge in [-0.1, -0.05) is 21.6 Å². The molecular formula is C3H5S3. The van der Waals surface area contributed by atoms with Crippen LogP contribution in [0.3, 0.4) is 0 Å². The molecular weight excluding hydrogens is 132 g/mol. The van der Waals surface area contributed by atoms with Gasteiger partial charge in [-0.05, 0) is 16.2 Å². The first-order valence-corrected chi connectivity index (χ1v) is 5.55. The largest absolute Gasteiger partial charge is 0.0822 e. The van der Waals surface area contributed by atoms with Gasteiger partial charge in [0.15, 0.2) is 0 Å². The van der Waals surface area contributed by atoms with Gasteiger partial charge in [-0.2, -0.15) is 0 Å². The smallest absolute Gasteiger partial charge is 0.00849 e. The summed E-state index contributed by atoms with van der Waals surface area (Å²) in [6, 6.07) is 0. The molecule has 6 heavy (non-hydrogen) atoms. The molecule has 0 amide bonds. The first-order valence-electron chi connectivity index (χ1n) is 1.73. The van der Waals surface area contributed by atoms with E-state index >= 15 is 0 Å². The molecule has 0 aliphatic carbocycles. The van der Waals surface area contributed by atoms with E-state index in [1.165, 1.54) is 11.5 Å². The highest BCUT2D eigenvalue weighted by Gasteiger charge is 1.97. The molecule has 0 nitrogen and oxygen atoms in total. The Balaban J connectivity index is 2.00. The Hall–Kier alpha value is 1.05. The summed E-state index contributed by atoms with van der Waals surface area (Å²) in [6.07, 6.45) is 2.30. The van der Waals surface area contributed by atoms with Crippen LogP contribution in [0.25, 0.3) is 0 Å². The summed E-state index contributed by atoms with van der Waals surface area (Å²) in [7, 11) is 5.73. The summed E-state index contributed by atoms with van der Waals surface area (Å²) in [5.74, 6) is 2.47. The van der Waals surface area contributed by atoms with Gasteiger partial charge < -0.3 is 0 Å². The van der Waals surface area contributed by atoms with Crippen molar-refractivity contribution >= 4 is 31.4 Å². The van der Waals surface area contributed by atoms with E-state index in [1.54, 1.807) is 0 Å². The van der Waals surface area contributed by atoms with Crippen molar-refractivity contribution in [2.24, 2.45) is 0 Å². The van der Waals surface area contributed by atoms with Crippen LogP contribution in [0.15, 0.2) is 0 Å². The van der Waals surface area contributed by atoms with Crippen LogP contribution in [0.5, 0.6) is 0 Å². The van der Waals surface area contributed by atoms with Crippen LogP contribution in [0.1, 0.15) is 0 Å². The first-order chi connectivity index (χ1) is 3.00. The number of rotatable bonds is 0. The van der Waals surface area contributed by atoms with E-state index < -0.39 is 0 Å². The summed E-state index contributed by atoms with van der Waals surface area (Å²) in [5.41, 5.74) is 0. The quantitative estimate of drug-likeness (QED) is 0.470. The van der Waals surface area contributed by atoms with Crippen molar-refractivity contribution in [2.75, 3.05) is 11.5 Å². The lowest BCUT2D eigenvalue weighted by Crippen LogP contribution is -1.84. The van der Waals surface area contributed by atoms with Gasteiger partial charge in [0.05, 0.1) is 0 Å². The molecule has 1 aliphatic rings. The minimum atomic E-state index is 1.23. The molecule has 0 atom stereocenters. The third-order valence-corrected chi connectivity index (χ3v) is 4.53. The Morgan fingerprint density at radius 2 is 1.83 bits per heavy atom. The van der Waals surface area contributed by atoms with Crippen LogP contribution in [-0.2, 0) is 0 Å². The SMILES string of the molecule is [CH]1CSSSC1. The molecule has 0 spiro atoms. The number of hydrogen-bond donors (Lipinski definition) is 0. The third-order valence-electron chi connectivity index (χ3n) is 0.468. The molecule has 1 rings (SSSR count). The van der Waals surface area contributed by atoms with Gasteiger partial charge in [-0.3, -0.25) is 0 Å². The summed E-state index contributed by atoms with van der Waals surface area (Å²) >= 11 is 0. The lowest BCUT2D eigenvalue weighted by molar-refractivity contribution is 1.46. The average Bonchev–Trinajstić information content (AvgIpc) is 1.72. The molecule has 35 valence electrons. The van der Waals surface area contributed by atoms with Crippen LogP contribution in [0, 0.1) is 6.42 Å². The van der Waals surface area contributed by atoms with Gasteiger partial charge in [-0.25, -0.2) is 0 Å². The lowest BCUT2D eigenvalue weighted by atomic mass is 10.6. The van der Waals surface area contributed by atoms with Crippen LogP contribution in [0.2, 0.25) is 0 Å². The van der Waals surface area contributed by atoms with E-state index in [0.717, 1.165) is 0 Å². The summed E-state index contributed by atoms with van der Waals surface area (Å²) in [5, 5.41) is 0. The van der Waals surface area contributed by atoms with E-state index in [-0.39, 0.29) is 0 Å². The highest BCUT2D eigenvalue weighted by atomic mass is 33.5. The van der Waals surface area contributed by atoms with Gasteiger partial charge in [0.2, 0.25) is 0 Å². The monoisotopic (exact) mass is 137 g/mol. The fraction of sp³-hybridized carbons (Fsp3) is 0.667. The Labute approximate surface area is 49.6 Å². The molecule has 1 saturated heterocycles. The Bertz CT molecular complexity index is 21.5. The topological polar surface area (TPSA) is 0 Å². The Morgan fingerprint density at radius 1 is 1.17 bits per heavy atom. The molecule has 1 heterocycles. The molecule has 1 fully saturated rings. The zero-order valence-corrected chi connectivity index (χ0v) is 5.67. The van der Waals surface area contributed by atoms with E-state index in [4.69, 9.17) is 0 Å². The molecule has 0 aromatic heterocycles. The predicted molar refractivity (Wildman–Crippen MR) is 36.8 cm³/mol. The second-order valence-electron chi connectivity index (χ2n) is 0.926. The molecule has 0 unspecified atom stereocenters. The van der Waals surface area contributed by atoms with Gasteiger partial charge in [0.1, 0.15) is 0 Å². The van der Waals surface area contributed by atoms with Gasteiger partial charge in [0, 0.05) is 11.5 Å². The standard InChI is InChI=1S/C3H5S3/c1-2-4-6-5-3-1/h1H,2-3H2. The summed E-state index contributed by atoms with van der Waals surface area (Å²) in [4.78, 5) is 0. The molecule has 0 saturated carbocycles. The fourth-order valence-corrected chi connectivity index (χ4v) is 3.72. The zero-order chi connectivity index (χ0) is 4.24. The average molecular weight is 137 g/mol. The van der Waals surface area contributed by atoms with Crippen LogP contribution in [0.4, 0.5) is 0 Å². The van der Waals surface area contributed by atoms with E-state index in [0.29, 0.717) is 0 Å². The minimum absolute atomic E-state index is 1.23. The molecule has 1 radical (unpaired) electrons. The molecule has 0 bridgehead atoms. The minimum Gasteiger partial charge on any atom is -0.0822 e. The second-order valence-corrected chi connectivity index (χ2v) is 5.25. The van der Waals surface area contributed by atoms with Crippen LogP contribution >= 0.6 is 31.4 Å². The summed E-state index contributed by atoms with van der Waals surface area (Å²) in [6.45, 7) is 0. The fourth-order valence-electron chi connectivity index (χ4n) is 0.234. The Kier molecular flexibility index (Phi) is 2.69. The van der Waals surface area contributed by atoms with Crippen molar-refractivity contribution in [3.8, 4) is 0 Å². The first kappa shape index (κ1) is 5.19. The van der Waals surface area contributed by atoms with Crippen LogP contribution in [-0.4, -0.2) is 11.5 Å². The Morgan fingerprint density at radius 3 is 2.00 bits per heavy atom. The van der Waals surface area contributed by atoms with Gasteiger partial charge >= 0.3 is 0 Å². The highest BCUT2D eigenvalue weighted by molar-refractivity contribution is 9.09. The van der Waals surface area contributed by atoms with Gasteiger partial charge in [-0.15, -0.1) is 0 Å². The maximum absolute atomic E-state index is 2.30. The number of hydrogen-bond acceptors (Lipinski definition) is 3. The molecule has 0 aromatic rings. The van der Waals surface area contributed by atoms with Crippen molar-refractivity contribution in [2.45, 2.75) is 0 Å². The van der Waals surface area contributed by atoms with Crippen molar-refractivity contribution < 1.29 is 0 Å². The van der Waals surface area contributed by atoms with Gasteiger partial charge in [0.25, 0.3) is 0 Å². The molecule has 3 heteroatoms. The second kappa shape index (κ2) is 3.10. The van der Waals surface area contributed by atoms with E-state index in [1.807, 2.05) is 31.4 Å². The van der Waals surface area contributed by atoms with E-state index in [9.17, 15) is 0 Å². The molecule has 0 aromatic carbocycles. The molecule has 0 N–H and O–H groups in total. The van der Waals surface area contributed by atoms with Crippen molar-refractivity contribution in [1.29, 1.82) is 0 Å². The molecule has 1 aliphatic heterocycles. The van der Waals surface area contributed by atoms with Crippen molar-refractivity contribution in [3.05, 3.63) is 6.42 Å². The van der Waals surface area contributed by atoms with Crippen molar-refractivity contribution in [1.82, 2.24) is 0 Å². The maximum atomic E-state index is 2.30. The van der Waals surface area contributed by atoms with Crippen molar-refractivity contribution in [3.63, 3.8) is 0 Å². The van der Waals surface area contributed by atoms with Crippen LogP contribution < -0.4 is 0 Å². The summed E-state index contributed by atoms with van der Waals surface area (Å²) < 4.78 is 0.